The standard InChI is InChI=1S/C24H35N9O2/c1-15-14-21(32-31-15)29-20-8-11-25-23(30-20)26-17-4-6-18(7-5-17)27-24(35)28-19-9-12-33(13-10-19)22(34)16-2-3-16/h8,11,14,16-19H,2-7,9-10,12-13H2,1H3,(H2,27,28,35)(H3,25,26,29,30,31,32). The van der Waals surface area contributed by atoms with Crippen LogP contribution in [0.2, 0.25) is 0 Å². The summed E-state index contributed by atoms with van der Waals surface area (Å²) in [5.41, 5.74) is 0.977. The van der Waals surface area contributed by atoms with Gasteiger partial charge in [0.1, 0.15) is 5.82 Å². The number of aromatic nitrogens is 4. The molecule has 5 rings (SSSR count). The van der Waals surface area contributed by atoms with Crippen molar-refractivity contribution in [2.24, 2.45) is 5.92 Å². The molecule has 3 aliphatic rings. The lowest BCUT2D eigenvalue weighted by molar-refractivity contribution is -0.133. The minimum Gasteiger partial charge on any atom is -0.351 e. The molecule has 5 N–H and O–H groups in total. The van der Waals surface area contributed by atoms with E-state index in [1.165, 1.54) is 0 Å². The molecule has 0 atom stereocenters. The van der Waals surface area contributed by atoms with Gasteiger partial charge in [-0.25, -0.2) is 9.78 Å². The minimum atomic E-state index is -0.0934. The molecule has 11 heteroatoms. The van der Waals surface area contributed by atoms with Crippen LogP contribution in [0.1, 0.15) is 57.1 Å². The number of urea groups is 1. The Balaban J connectivity index is 1.01. The largest absolute Gasteiger partial charge is 0.351 e. The highest BCUT2D eigenvalue weighted by Gasteiger charge is 2.35. The van der Waals surface area contributed by atoms with Crippen molar-refractivity contribution in [3.63, 3.8) is 0 Å². The summed E-state index contributed by atoms with van der Waals surface area (Å²) in [5.74, 6) is 2.56. The zero-order valence-corrected chi connectivity index (χ0v) is 20.2. The maximum Gasteiger partial charge on any atom is 0.315 e. The van der Waals surface area contributed by atoms with Gasteiger partial charge in [0.15, 0.2) is 5.82 Å². The van der Waals surface area contributed by atoms with Crippen LogP contribution >= 0.6 is 0 Å². The number of hydrogen-bond donors (Lipinski definition) is 5. The number of nitrogens with one attached hydrogen (secondary N) is 5. The van der Waals surface area contributed by atoms with Crippen molar-refractivity contribution < 1.29 is 9.59 Å². The molecule has 3 heterocycles. The Morgan fingerprint density at radius 1 is 0.943 bits per heavy atom. The van der Waals surface area contributed by atoms with Crippen LogP contribution < -0.4 is 21.3 Å². The number of aryl methyl sites for hydroxylation is 1. The predicted octanol–water partition coefficient (Wildman–Crippen LogP) is 2.68. The van der Waals surface area contributed by atoms with Crippen LogP contribution in [0.4, 0.5) is 22.4 Å². The third-order valence-electron chi connectivity index (χ3n) is 7.08. The Hall–Kier alpha value is -3.37. The summed E-state index contributed by atoms with van der Waals surface area (Å²) in [6, 6.07) is 4.21. The molecule has 1 saturated heterocycles. The minimum absolute atomic E-state index is 0.0934. The van der Waals surface area contributed by atoms with Gasteiger partial charge in [-0.05, 0) is 64.4 Å². The van der Waals surface area contributed by atoms with Gasteiger partial charge < -0.3 is 26.2 Å². The number of nitrogens with zero attached hydrogens (tertiary/aromatic N) is 4. The topological polar surface area (TPSA) is 140 Å². The predicted molar refractivity (Wildman–Crippen MR) is 132 cm³/mol. The van der Waals surface area contributed by atoms with Crippen LogP contribution in [-0.4, -0.2) is 68.2 Å². The van der Waals surface area contributed by atoms with E-state index < -0.39 is 0 Å². The van der Waals surface area contributed by atoms with Crippen LogP contribution in [-0.2, 0) is 4.79 Å². The number of rotatable bonds is 7. The lowest BCUT2D eigenvalue weighted by Crippen LogP contribution is -2.51. The van der Waals surface area contributed by atoms with Gasteiger partial charge in [0, 0.05) is 55.1 Å². The van der Waals surface area contributed by atoms with Crippen LogP contribution in [0.5, 0.6) is 0 Å². The van der Waals surface area contributed by atoms with Crippen molar-refractivity contribution in [2.75, 3.05) is 23.7 Å². The molecule has 2 aromatic heterocycles. The first-order valence-electron chi connectivity index (χ1n) is 12.8. The van der Waals surface area contributed by atoms with Gasteiger partial charge in [-0.15, -0.1) is 0 Å². The maximum absolute atomic E-state index is 12.5. The van der Waals surface area contributed by atoms with E-state index in [4.69, 9.17) is 0 Å². The lowest BCUT2D eigenvalue weighted by Gasteiger charge is -2.33. The van der Waals surface area contributed by atoms with Crippen molar-refractivity contribution in [2.45, 2.75) is 76.4 Å². The average Bonchev–Trinajstić information content (AvgIpc) is 3.62. The highest BCUT2D eigenvalue weighted by Crippen LogP contribution is 2.32. The summed E-state index contributed by atoms with van der Waals surface area (Å²) in [5, 5.41) is 19.9. The molecule has 1 aliphatic heterocycles. The molecule has 188 valence electrons. The zero-order chi connectivity index (χ0) is 24.2. The molecule has 2 saturated carbocycles. The zero-order valence-electron chi connectivity index (χ0n) is 20.2. The van der Waals surface area contributed by atoms with E-state index in [2.05, 4.69) is 41.4 Å². The molecular formula is C24H35N9O2. The number of anilines is 3. The van der Waals surface area contributed by atoms with E-state index in [1.807, 2.05) is 24.0 Å². The van der Waals surface area contributed by atoms with E-state index in [9.17, 15) is 9.59 Å². The SMILES string of the molecule is Cc1cc(Nc2ccnc(NC3CCC(NC(=O)NC4CCN(C(=O)C5CC5)CC4)CC3)n2)n[nH]1. The third-order valence-corrected chi connectivity index (χ3v) is 7.08. The molecule has 3 fully saturated rings. The first-order valence-corrected chi connectivity index (χ1v) is 12.8. The van der Waals surface area contributed by atoms with E-state index in [0.717, 1.165) is 70.2 Å². The quantitative estimate of drug-likeness (QED) is 0.410. The van der Waals surface area contributed by atoms with E-state index in [1.54, 1.807) is 6.20 Å². The molecule has 0 aromatic carbocycles. The number of likely N-dealkylation sites (tertiary alicyclic amines) is 1. The number of carbonyl (C=O) groups excluding carboxylic acids is 2. The van der Waals surface area contributed by atoms with Crippen LogP contribution in [0, 0.1) is 12.8 Å². The van der Waals surface area contributed by atoms with Crippen molar-refractivity contribution in [1.29, 1.82) is 0 Å². The second-order valence-corrected chi connectivity index (χ2v) is 10.0. The first kappa shape index (κ1) is 23.4. The Bertz CT molecular complexity index is 1020. The fourth-order valence-electron chi connectivity index (χ4n) is 4.92. The maximum atomic E-state index is 12.5. The molecule has 0 unspecified atom stereocenters. The number of hydrogen-bond acceptors (Lipinski definition) is 7. The van der Waals surface area contributed by atoms with Gasteiger partial charge in [0.2, 0.25) is 11.9 Å². The molecule has 3 amide bonds. The molecule has 2 aromatic rings. The summed E-state index contributed by atoms with van der Waals surface area (Å²) in [6.45, 7) is 3.44. The second-order valence-electron chi connectivity index (χ2n) is 10.0. The van der Waals surface area contributed by atoms with Crippen LogP contribution in [0.15, 0.2) is 18.3 Å². The smallest absolute Gasteiger partial charge is 0.315 e. The number of piperidine rings is 1. The van der Waals surface area contributed by atoms with Crippen molar-refractivity contribution in [1.82, 2.24) is 35.7 Å². The van der Waals surface area contributed by atoms with Gasteiger partial charge in [0.05, 0.1) is 0 Å². The van der Waals surface area contributed by atoms with E-state index in [0.29, 0.717) is 23.5 Å². The highest BCUT2D eigenvalue weighted by atomic mass is 16.2. The van der Waals surface area contributed by atoms with Gasteiger partial charge in [-0.3, -0.25) is 9.89 Å². The number of amides is 3. The third kappa shape index (κ3) is 6.40. The molecule has 0 radical (unpaired) electrons. The summed E-state index contributed by atoms with van der Waals surface area (Å²) < 4.78 is 0. The van der Waals surface area contributed by atoms with Gasteiger partial charge in [0.25, 0.3) is 0 Å². The van der Waals surface area contributed by atoms with E-state index in [-0.39, 0.29) is 30.1 Å². The normalized spacial score (nSPS) is 22.9. The van der Waals surface area contributed by atoms with Gasteiger partial charge in [-0.2, -0.15) is 10.1 Å². The van der Waals surface area contributed by atoms with E-state index >= 15 is 0 Å². The van der Waals surface area contributed by atoms with Crippen molar-refractivity contribution >= 4 is 29.5 Å². The Morgan fingerprint density at radius 2 is 1.63 bits per heavy atom. The summed E-state index contributed by atoms with van der Waals surface area (Å²) >= 11 is 0. The fourth-order valence-corrected chi connectivity index (χ4v) is 4.92. The van der Waals surface area contributed by atoms with Crippen molar-refractivity contribution in [3.05, 3.63) is 24.0 Å². The average molecular weight is 482 g/mol. The summed E-state index contributed by atoms with van der Waals surface area (Å²) in [7, 11) is 0. The van der Waals surface area contributed by atoms with Gasteiger partial charge >= 0.3 is 6.03 Å². The summed E-state index contributed by atoms with van der Waals surface area (Å²) in [4.78, 5) is 35.6. The number of aromatic amines is 1. The van der Waals surface area contributed by atoms with Crippen molar-refractivity contribution in [3.8, 4) is 0 Å². The highest BCUT2D eigenvalue weighted by molar-refractivity contribution is 5.81. The number of H-pyrrole nitrogens is 1. The Morgan fingerprint density at radius 3 is 2.29 bits per heavy atom. The lowest BCUT2D eigenvalue weighted by atomic mass is 9.91. The molecule has 0 spiro atoms. The Labute approximate surface area is 205 Å². The molecule has 35 heavy (non-hydrogen) atoms. The van der Waals surface area contributed by atoms with Crippen LogP contribution in [0.25, 0.3) is 0 Å². The Kier molecular flexibility index (Phi) is 7.01. The molecule has 0 bridgehead atoms. The fraction of sp³-hybridized carbons (Fsp3) is 0.625. The summed E-state index contributed by atoms with van der Waals surface area (Å²) in [6.07, 6.45) is 9.15. The molecule has 2 aliphatic carbocycles. The van der Waals surface area contributed by atoms with Crippen LogP contribution in [0.3, 0.4) is 0 Å². The molecular weight excluding hydrogens is 446 g/mol. The number of carbonyl (C=O) groups is 2. The monoisotopic (exact) mass is 481 g/mol. The van der Waals surface area contributed by atoms with Gasteiger partial charge in [-0.1, -0.05) is 0 Å². The first-order chi connectivity index (χ1) is 17.0. The second kappa shape index (κ2) is 10.5. The molecule has 11 nitrogen and oxygen atoms in total.